The van der Waals surface area contributed by atoms with Gasteiger partial charge in [-0.15, -0.1) is 0 Å². The Kier molecular flexibility index (Phi) is 4.13. The second-order valence-corrected chi connectivity index (χ2v) is 6.11. The molecule has 2 rings (SSSR count). The van der Waals surface area contributed by atoms with Crippen LogP contribution in [0.3, 0.4) is 0 Å². The molecule has 0 spiro atoms. The van der Waals surface area contributed by atoms with Crippen LogP contribution in [-0.4, -0.2) is 12.8 Å². The van der Waals surface area contributed by atoms with Crippen LogP contribution in [0.25, 0.3) is 0 Å². The topological polar surface area (TPSA) is 12.4 Å². The van der Waals surface area contributed by atoms with Crippen LogP contribution < -0.4 is 0 Å². The summed E-state index contributed by atoms with van der Waals surface area (Å²) in [6, 6.07) is 0. The van der Waals surface area contributed by atoms with E-state index in [1.807, 2.05) is 7.05 Å². The fourth-order valence-electron chi connectivity index (χ4n) is 3.34. The summed E-state index contributed by atoms with van der Waals surface area (Å²) in [5.41, 5.74) is 5.83. The number of nitrogens with zero attached hydrogens (tertiary/aromatic N) is 1. The molecule has 0 aromatic heterocycles. The molecule has 0 aromatic rings. The van der Waals surface area contributed by atoms with Gasteiger partial charge in [-0.25, -0.2) is 0 Å². The quantitative estimate of drug-likeness (QED) is 0.508. The maximum atomic E-state index is 4.45. The van der Waals surface area contributed by atoms with Crippen LogP contribution in [0.15, 0.2) is 39.9 Å². The first-order valence-corrected chi connectivity index (χ1v) is 7.55. The van der Waals surface area contributed by atoms with Crippen LogP contribution in [0.2, 0.25) is 0 Å². The third-order valence-corrected chi connectivity index (χ3v) is 5.09. The molecule has 0 aromatic carbocycles. The number of aliphatic imine (C=N–C) groups is 1. The number of allylic oxidation sites excluding steroid dienone is 6. The molecular formula is C18H27N. The molecule has 0 N–H and O–H groups in total. The van der Waals surface area contributed by atoms with E-state index in [1.165, 1.54) is 23.3 Å². The Labute approximate surface area is 118 Å². The zero-order valence-electron chi connectivity index (χ0n) is 13.2. The summed E-state index contributed by atoms with van der Waals surface area (Å²) in [4.78, 5) is 4.45. The van der Waals surface area contributed by atoms with E-state index < -0.39 is 0 Å². The van der Waals surface area contributed by atoms with Gasteiger partial charge in [-0.1, -0.05) is 50.1 Å². The molecule has 0 heterocycles. The van der Waals surface area contributed by atoms with E-state index in [-0.39, 0.29) is 0 Å². The van der Waals surface area contributed by atoms with Crippen molar-refractivity contribution in [1.82, 2.24) is 0 Å². The molecule has 0 saturated heterocycles. The highest BCUT2D eigenvalue weighted by Gasteiger charge is 2.36. The van der Waals surface area contributed by atoms with Crippen LogP contribution in [0.1, 0.15) is 41.0 Å². The van der Waals surface area contributed by atoms with Crippen LogP contribution in [0.4, 0.5) is 0 Å². The maximum absolute atomic E-state index is 4.45. The molecule has 1 heteroatoms. The van der Waals surface area contributed by atoms with Crippen LogP contribution >= 0.6 is 0 Å². The molecule has 104 valence electrons. The lowest BCUT2D eigenvalue weighted by Gasteiger charge is -2.35. The second-order valence-electron chi connectivity index (χ2n) is 6.11. The third-order valence-electron chi connectivity index (χ3n) is 5.09. The molecule has 0 aliphatic heterocycles. The lowest BCUT2D eigenvalue weighted by Crippen LogP contribution is -2.27. The van der Waals surface area contributed by atoms with E-state index in [1.54, 1.807) is 5.57 Å². The number of hydrogen-bond donors (Lipinski definition) is 0. The van der Waals surface area contributed by atoms with Gasteiger partial charge in [0.1, 0.15) is 0 Å². The molecule has 1 nitrogen and oxygen atoms in total. The molecule has 0 fully saturated rings. The normalized spacial score (nSPS) is 32.4. The van der Waals surface area contributed by atoms with Gasteiger partial charge in [-0.05, 0) is 37.7 Å². The van der Waals surface area contributed by atoms with E-state index in [9.17, 15) is 0 Å². The Bertz CT molecular complexity index is 476. The van der Waals surface area contributed by atoms with Crippen molar-refractivity contribution in [3.05, 3.63) is 34.9 Å². The van der Waals surface area contributed by atoms with E-state index in [2.05, 4.69) is 57.8 Å². The van der Waals surface area contributed by atoms with Gasteiger partial charge < -0.3 is 0 Å². The molecule has 0 bridgehead atoms. The van der Waals surface area contributed by atoms with Crippen molar-refractivity contribution in [1.29, 1.82) is 0 Å². The molecule has 4 atom stereocenters. The van der Waals surface area contributed by atoms with Gasteiger partial charge in [-0.3, -0.25) is 4.99 Å². The molecule has 2 aliphatic rings. The minimum Gasteiger partial charge on any atom is -0.293 e. The van der Waals surface area contributed by atoms with Crippen molar-refractivity contribution in [2.24, 2.45) is 28.7 Å². The zero-order valence-corrected chi connectivity index (χ0v) is 13.2. The predicted molar refractivity (Wildman–Crippen MR) is 84.6 cm³/mol. The average Bonchev–Trinajstić information content (AvgIpc) is 2.45. The van der Waals surface area contributed by atoms with E-state index in [4.69, 9.17) is 0 Å². The Hall–Kier alpha value is -1.11. The van der Waals surface area contributed by atoms with Gasteiger partial charge in [0.25, 0.3) is 0 Å². The summed E-state index contributed by atoms with van der Waals surface area (Å²) in [7, 11) is 1.91. The first-order chi connectivity index (χ1) is 9.01. The van der Waals surface area contributed by atoms with Crippen molar-refractivity contribution in [2.75, 3.05) is 7.05 Å². The maximum Gasteiger partial charge on any atom is 0.0351 e. The highest BCUT2D eigenvalue weighted by atomic mass is 14.7. The van der Waals surface area contributed by atoms with E-state index in [0.29, 0.717) is 23.7 Å². The Morgan fingerprint density at radius 2 is 1.95 bits per heavy atom. The van der Waals surface area contributed by atoms with Crippen molar-refractivity contribution < 1.29 is 0 Å². The largest absolute Gasteiger partial charge is 0.293 e. The van der Waals surface area contributed by atoms with Crippen molar-refractivity contribution >= 4 is 5.71 Å². The minimum atomic E-state index is 0.531. The van der Waals surface area contributed by atoms with Gasteiger partial charge in [0, 0.05) is 24.6 Å². The first kappa shape index (κ1) is 14.3. The number of hydrogen-bond acceptors (Lipinski definition) is 1. The van der Waals surface area contributed by atoms with Gasteiger partial charge in [0.2, 0.25) is 0 Å². The standard InChI is InChI=1S/C18H27N/c1-7-11(2)17-10-12(3)13(4)18(14(5)19-6)16-9-8-15(16)17/h8-12,15-16H,7H2,1-6H3/t11?,12?,15-,16?/m0/s1. The van der Waals surface area contributed by atoms with Gasteiger partial charge in [-0.2, -0.15) is 0 Å². The molecule has 0 radical (unpaired) electrons. The molecule has 0 amide bonds. The fourth-order valence-corrected chi connectivity index (χ4v) is 3.34. The number of fused-ring (bicyclic) bond motifs is 1. The summed E-state index contributed by atoms with van der Waals surface area (Å²) in [5.74, 6) is 2.39. The van der Waals surface area contributed by atoms with Crippen molar-refractivity contribution in [3.63, 3.8) is 0 Å². The predicted octanol–water partition coefficient (Wildman–Crippen LogP) is 4.82. The Balaban J connectivity index is 2.46. The molecule has 0 saturated carbocycles. The van der Waals surface area contributed by atoms with Crippen LogP contribution in [0.5, 0.6) is 0 Å². The summed E-state index contributed by atoms with van der Waals surface area (Å²) >= 11 is 0. The van der Waals surface area contributed by atoms with Gasteiger partial charge in [0.05, 0.1) is 0 Å². The molecule has 19 heavy (non-hydrogen) atoms. The third kappa shape index (κ3) is 2.35. The fraction of sp³-hybridized carbons (Fsp3) is 0.611. The Morgan fingerprint density at radius 1 is 1.32 bits per heavy atom. The monoisotopic (exact) mass is 257 g/mol. The molecular weight excluding hydrogens is 230 g/mol. The summed E-state index contributed by atoms with van der Waals surface area (Å²) in [5, 5.41) is 0. The first-order valence-electron chi connectivity index (χ1n) is 7.55. The zero-order chi connectivity index (χ0) is 14.2. The smallest absolute Gasteiger partial charge is 0.0351 e. The second kappa shape index (κ2) is 5.48. The highest BCUT2D eigenvalue weighted by molar-refractivity contribution is 6.00. The lowest BCUT2D eigenvalue weighted by molar-refractivity contribution is 0.487. The van der Waals surface area contributed by atoms with E-state index in [0.717, 1.165) is 0 Å². The van der Waals surface area contributed by atoms with Crippen molar-refractivity contribution in [2.45, 2.75) is 41.0 Å². The minimum absolute atomic E-state index is 0.531. The summed E-state index contributed by atoms with van der Waals surface area (Å²) in [6.07, 6.45) is 8.49. The average molecular weight is 257 g/mol. The van der Waals surface area contributed by atoms with Gasteiger partial charge in [0.15, 0.2) is 0 Å². The van der Waals surface area contributed by atoms with Crippen molar-refractivity contribution in [3.8, 4) is 0 Å². The SMILES string of the molecule is CCC(C)C1=CC(C)C(C)=C(C(C)=NC)C2C=C[C@H]12. The lowest BCUT2D eigenvalue weighted by atomic mass is 9.69. The Morgan fingerprint density at radius 3 is 2.42 bits per heavy atom. The molecule has 2 aliphatic carbocycles. The summed E-state index contributed by atoms with van der Waals surface area (Å²) in [6.45, 7) is 11.4. The highest BCUT2D eigenvalue weighted by Crippen LogP contribution is 2.46. The van der Waals surface area contributed by atoms with Crippen LogP contribution in [0, 0.1) is 23.7 Å². The molecule has 3 unspecified atom stereocenters. The van der Waals surface area contributed by atoms with E-state index >= 15 is 0 Å². The number of rotatable bonds is 3. The van der Waals surface area contributed by atoms with Crippen LogP contribution in [-0.2, 0) is 0 Å². The van der Waals surface area contributed by atoms with Gasteiger partial charge >= 0.3 is 0 Å². The summed E-state index contributed by atoms with van der Waals surface area (Å²) < 4.78 is 0.